The molecule has 1 amide bonds. The minimum absolute atomic E-state index is 0.0448. The molecule has 4 nitrogen and oxygen atoms in total. The maximum absolute atomic E-state index is 12.3. The van der Waals surface area contributed by atoms with Crippen molar-refractivity contribution >= 4 is 17.5 Å². The molecule has 0 spiro atoms. The Morgan fingerprint density at radius 3 is 2.60 bits per heavy atom. The Bertz CT molecular complexity index is 828. The number of hydrogen-bond donors (Lipinski definition) is 1. The maximum Gasteiger partial charge on any atom is 0.273 e. The van der Waals surface area contributed by atoms with E-state index >= 15 is 0 Å². The third kappa shape index (κ3) is 4.70. The van der Waals surface area contributed by atoms with Crippen LogP contribution in [0, 0.1) is 0 Å². The van der Waals surface area contributed by atoms with E-state index in [1.54, 1.807) is 18.2 Å². The fraction of sp³-hybridized carbons (Fsp3) is 0.200. The standard InChI is InChI=1S/C20H19ClN2O2/c1-14(7-8-15-5-3-2-4-6-15)22-20(24)18-13-19(25-23-18)16-9-11-17(21)12-10-16/h2-6,9-14H,7-8H2,1H3,(H,22,24)/t14-/m0/s1. The molecule has 0 aliphatic heterocycles. The highest BCUT2D eigenvalue weighted by atomic mass is 35.5. The van der Waals surface area contributed by atoms with Gasteiger partial charge in [0.25, 0.3) is 5.91 Å². The van der Waals surface area contributed by atoms with Crippen LogP contribution in [-0.2, 0) is 6.42 Å². The SMILES string of the molecule is C[C@@H](CCc1ccccc1)NC(=O)c1cc(-c2ccc(Cl)cc2)on1. The molecule has 1 heterocycles. The monoisotopic (exact) mass is 354 g/mol. The van der Waals surface area contributed by atoms with Crippen molar-refractivity contribution in [1.29, 1.82) is 0 Å². The van der Waals surface area contributed by atoms with Crippen molar-refractivity contribution in [2.24, 2.45) is 0 Å². The van der Waals surface area contributed by atoms with E-state index in [0.717, 1.165) is 18.4 Å². The largest absolute Gasteiger partial charge is 0.355 e. The van der Waals surface area contributed by atoms with Gasteiger partial charge in [-0.1, -0.05) is 47.1 Å². The summed E-state index contributed by atoms with van der Waals surface area (Å²) in [6.45, 7) is 1.99. The molecule has 0 fully saturated rings. The zero-order valence-electron chi connectivity index (χ0n) is 13.9. The molecule has 25 heavy (non-hydrogen) atoms. The first-order valence-corrected chi connectivity index (χ1v) is 8.57. The highest BCUT2D eigenvalue weighted by Gasteiger charge is 2.15. The zero-order valence-corrected chi connectivity index (χ0v) is 14.7. The smallest absolute Gasteiger partial charge is 0.273 e. The first-order valence-electron chi connectivity index (χ1n) is 8.19. The van der Waals surface area contributed by atoms with Gasteiger partial charge in [-0.2, -0.15) is 0 Å². The van der Waals surface area contributed by atoms with E-state index < -0.39 is 0 Å². The lowest BCUT2D eigenvalue weighted by atomic mass is 10.1. The summed E-state index contributed by atoms with van der Waals surface area (Å²) in [6.07, 6.45) is 1.77. The summed E-state index contributed by atoms with van der Waals surface area (Å²) >= 11 is 5.88. The van der Waals surface area contributed by atoms with Crippen LogP contribution in [0.25, 0.3) is 11.3 Å². The molecule has 0 unspecified atom stereocenters. The van der Waals surface area contributed by atoms with E-state index in [1.807, 2.05) is 37.3 Å². The molecule has 0 saturated heterocycles. The van der Waals surface area contributed by atoms with Crippen LogP contribution in [0.4, 0.5) is 0 Å². The second-order valence-electron chi connectivity index (χ2n) is 5.98. The Hall–Kier alpha value is -2.59. The van der Waals surface area contributed by atoms with Crippen molar-refractivity contribution in [2.75, 3.05) is 0 Å². The summed E-state index contributed by atoms with van der Waals surface area (Å²) in [4.78, 5) is 12.3. The van der Waals surface area contributed by atoms with Crippen molar-refractivity contribution < 1.29 is 9.32 Å². The van der Waals surface area contributed by atoms with Gasteiger partial charge in [0.15, 0.2) is 11.5 Å². The molecular formula is C20H19ClN2O2. The van der Waals surface area contributed by atoms with Crippen molar-refractivity contribution in [2.45, 2.75) is 25.8 Å². The number of amides is 1. The van der Waals surface area contributed by atoms with Gasteiger partial charge in [-0.15, -0.1) is 0 Å². The average molecular weight is 355 g/mol. The van der Waals surface area contributed by atoms with Gasteiger partial charge in [-0.3, -0.25) is 4.79 Å². The Morgan fingerprint density at radius 2 is 1.88 bits per heavy atom. The number of halogens is 1. The average Bonchev–Trinajstić information content (AvgIpc) is 3.12. The van der Waals surface area contributed by atoms with Crippen molar-refractivity contribution in [3.63, 3.8) is 0 Å². The lowest BCUT2D eigenvalue weighted by Gasteiger charge is -2.12. The van der Waals surface area contributed by atoms with Crippen LogP contribution in [0.3, 0.4) is 0 Å². The van der Waals surface area contributed by atoms with Gasteiger partial charge < -0.3 is 9.84 Å². The first kappa shape index (κ1) is 17.2. The minimum atomic E-state index is -0.232. The van der Waals surface area contributed by atoms with E-state index in [2.05, 4.69) is 22.6 Å². The topological polar surface area (TPSA) is 55.1 Å². The molecule has 0 saturated carbocycles. The summed E-state index contributed by atoms with van der Waals surface area (Å²) in [7, 11) is 0. The first-order chi connectivity index (χ1) is 12.1. The molecule has 2 aromatic carbocycles. The molecule has 3 aromatic rings. The molecule has 3 rings (SSSR count). The number of nitrogens with one attached hydrogen (secondary N) is 1. The van der Waals surface area contributed by atoms with Gasteiger partial charge in [0.1, 0.15) is 0 Å². The van der Waals surface area contributed by atoms with Crippen LogP contribution in [0.5, 0.6) is 0 Å². The Balaban J connectivity index is 1.57. The predicted molar refractivity (Wildman–Crippen MR) is 98.6 cm³/mol. The molecule has 0 aliphatic carbocycles. The van der Waals surface area contributed by atoms with Crippen LogP contribution >= 0.6 is 11.6 Å². The van der Waals surface area contributed by atoms with Crippen LogP contribution < -0.4 is 5.32 Å². The molecule has 1 N–H and O–H groups in total. The van der Waals surface area contributed by atoms with Crippen molar-refractivity contribution in [3.05, 3.63) is 76.9 Å². The number of hydrogen-bond acceptors (Lipinski definition) is 3. The van der Waals surface area contributed by atoms with Crippen molar-refractivity contribution in [1.82, 2.24) is 10.5 Å². The van der Waals surface area contributed by atoms with Crippen LogP contribution in [0.2, 0.25) is 5.02 Å². The fourth-order valence-corrected chi connectivity index (χ4v) is 2.66. The molecule has 1 atom stereocenters. The number of rotatable bonds is 6. The molecule has 5 heteroatoms. The second-order valence-corrected chi connectivity index (χ2v) is 6.42. The maximum atomic E-state index is 12.3. The van der Waals surface area contributed by atoms with Crippen LogP contribution in [0.15, 0.2) is 65.2 Å². The summed E-state index contributed by atoms with van der Waals surface area (Å²) in [6, 6.07) is 19.1. The second kappa shape index (κ2) is 7.99. The van der Waals surface area contributed by atoms with E-state index in [-0.39, 0.29) is 17.6 Å². The van der Waals surface area contributed by atoms with Gasteiger partial charge in [-0.05, 0) is 49.6 Å². The Labute approximate surface area is 151 Å². The molecule has 0 radical (unpaired) electrons. The van der Waals surface area contributed by atoms with Crippen molar-refractivity contribution in [3.8, 4) is 11.3 Å². The lowest BCUT2D eigenvalue weighted by molar-refractivity contribution is 0.0929. The predicted octanol–water partition coefficient (Wildman–Crippen LogP) is 4.75. The van der Waals surface area contributed by atoms with E-state index in [9.17, 15) is 4.79 Å². The third-order valence-corrected chi connectivity index (χ3v) is 4.21. The number of aromatic nitrogens is 1. The number of aryl methyl sites for hydroxylation is 1. The van der Waals surface area contributed by atoms with E-state index in [4.69, 9.17) is 16.1 Å². The summed E-state index contributed by atoms with van der Waals surface area (Å²) in [5.74, 6) is 0.309. The summed E-state index contributed by atoms with van der Waals surface area (Å²) in [5, 5.41) is 7.47. The quantitative estimate of drug-likeness (QED) is 0.695. The highest BCUT2D eigenvalue weighted by molar-refractivity contribution is 6.30. The van der Waals surface area contributed by atoms with Crippen LogP contribution in [0.1, 0.15) is 29.4 Å². The number of carbonyl (C=O) groups excluding carboxylic acids is 1. The van der Waals surface area contributed by atoms with E-state index in [1.165, 1.54) is 5.56 Å². The Morgan fingerprint density at radius 1 is 1.16 bits per heavy atom. The van der Waals surface area contributed by atoms with Gasteiger partial charge in [-0.25, -0.2) is 0 Å². The van der Waals surface area contributed by atoms with E-state index in [0.29, 0.717) is 10.8 Å². The summed E-state index contributed by atoms with van der Waals surface area (Å²) in [5.41, 5.74) is 2.36. The van der Waals surface area contributed by atoms with Crippen LogP contribution in [-0.4, -0.2) is 17.1 Å². The summed E-state index contributed by atoms with van der Waals surface area (Å²) < 4.78 is 5.27. The zero-order chi connectivity index (χ0) is 17.6. The number of nitrogens with zero attached hydrogens (tertiary/aromatic N) is 1. The molecule has 0 aliphatic rings. The third-order valence-electron chi connectivity index (χ3n) is 3.96. The number of benzene rings is 2. The normalized spacial score (nSPS) is 11.9. The molecular weight excluding hydrogens is 336 g/mol. The lowest BCUT2D eigenvalue weighted by Crippen LogP contribution is -2.33. The van der Waals surface area contributed by atoms with Gasteiger partial charge in [0, 0.05) is 22.7 Å². The van der Waals surface area contributed by atoms with Gasteiger partial charge in [0.05, 0.1) is 0 Å². The highest BCUT2D eigenvalue weighted by Crippen LogP contribution is 2.22. The van der Waals surface area contributed by atoms with Gasteiger partial charge in [0.2, 0.25) is 0 Å². The molecule has 0 bridgehead atoms. The van der Waals surface area contributed by atoms with Gasteiger partial charge >= 0.3 is 0 Å². The minimum Gasteiger partial charge on any atom is -0.355 e. The number of carbonyl (C=O) groups is 1. The fourth-order valence-electron chi connectivity index (χ4n) is 2.53. The molecule has 128 valence electrons. The molecule has 1 aromatic heterocycles. The Kier molecular flexibility index (Phi) is 5.51.